The van der Waals surface area contributed by atoms with Crippen LogP contribution in [0.3, 0.4) is 0 Å². The first-order valence-electron chi connectivity index (χ1n) is 9.51. The van der Waals surface area contributed by atoms with Gasteiger partial charge in [-0.3, -0.25) is 9.89 Å². The number of aromatic nitrogens is 4. The molecule has 2 aromatic heterocycles. The van der Waals surface area contributed by atoms with Gasteiger partial charge in [0.15, 0.2) is 5.16 Å². The molecule has 3 heterocycles. The largest absolute Gasteiger partial charge is 0.497 e. The number of amides is 1. The van der Waals surface area contributed by atoms with Crippen molar-refractivity contribution in [3.8, 4) is 28.3 Å². The van der Waals surface area contributed by atoms with E-state index in [4.69, 9.17) is 4.74 Å². The molecule has 1 aliphatic rings. The summed E-state index contributed by atoms with van der Waals surface area (Å²) in [7, 11) is 1.62. The quantitative estimate of drug-likeness (QED) is 0.506. The van der Waals surface area contributed by atoms with E-state index in [0.29, 0.717) is 17.1 Å². The van der Waals surface area contributed by atoms with Gasteiger partial charge in [0.25, 0.3) is 5.91 Å². The first-order chi connectivity index (χ1) is 14.7. The Morgan fingerprint density at radius 3 is 2.80 bits per heavy atom. The number of rotatable bonds is 5. The lowest BCUT2D eigenvalue weighted by Gasteiger charge is -2.04. The van der Waals surface area contributed by atoms with Crippen molar-refractivity contribution in [2.24, 2.45) is 0 Å². The zero-order valence-corrected chi connectivity index (χ0v) is 17.1. The molecule has 0 unspecified atom stereocenters. The number of nitrogens with zero attached hydrogens (tertiary/aromatic N) is 3. The number of fused-ring (bicyclic) bond motifs is 1. The number of imidazole rings is 1. The van der Waals surface area contributed by atoms with Gasteiger partial charge in [-0.25, -0.2) is 4.98 Å². The highest BCUT2D eigenvalue weighted by Crippen LogP contribution is 2.29. The number of carbonyl (C=O) groups excluding carboxylic acids is 1. The maximum Gasteiger partial charge on any atom is 0.273 e. The van der Waals surface area contributed by atoms with E-state index in [1.54, 1.807) is 24.9 Å². The molecule has 2 aromatic carbocycles. The molecule has 2 N–H and O–H groups in total. The van der Waals surface area contributed by atoms with Crippen molar-refractivity contribution in [2.45, 2.75) is 11.7 Å². The lowest BCUT2D eigenvalue weighted by atomic mass is 10.1. The number of hydrogen-bond acceptors (Lipinski definition) is 5. The molecule has 1 amide bonds. The summed E-state index contributed by atoms with van der Waals surface area (Å²) in [6, 6.07) is 17.0. The molecule has 30 heavy (non-hydrogen) atoms. The Bertz CT molecular complexity index is 1190. The molecule has 5 rings (SSSR count). The van der Waals surface area contributed by atoms with E-state index in [2.05, 4.69) is 31.3 Å². The summed E-state index contributed by atoms with van der Waals surface area (Å²) in [5.41, 5.74) is 4.63. The SMILES string of the molecule is COc1cccc(-c2cc(C(=O)Nc3ccc(-c4cn5c(n4)SCC5)cc3)[nH]n2)c1. The molecule has 0 saturated carbocycles. The number of hydrogen-bond donors (Lipinski definition) is 2. The molecular weight excluding hydrogens is 398 g/mol. The van der Waals surface area contributed by atoms with Crippen LogP contribution in [0.1, 0.15) is 10.5 Å². The van der Waals surface area contributed by atoms with Gasteiger partial charge in [0.1, 0.15) is 11.4 Å². The number of H-pyrrole nitrogens is 1. The summed E-state index contributed by atoms with van der Waals surface area (Å²) in [5, 5.41) is 11.0. The molecule has 8 heteroatoms. The van der Waals surface area contributed by atoms with Gasteiger partial charge < -0.3 is 14.6 Å². The van der Waals surface area contributed by atoms with Crippen LogP contribution in [0.4, 0.5) is 5.69 Å². The number of thioether (sulfide) groups is 1. The third-order valence-corrected chi connectivity index (χ3v) is 5.90. The lowest BCUT2D eigenvalue weighted by molar-refractivity contribution is 0.102. The van der Waals surface area contributed by atoms with E-state index in [0.717, 1.165) is 40.0 Å². The minimum Gasteiger partial charge on any atom is -0.497 e. The van der Waals surface area contributed by atoms with Crippen molar-refractivity contribution in [3.05, 3.63) is 66.5 Å². The number of ether oxygens (including phenoxy) is 1. The predicted octanol–water partition coefficient (Wildman–Crippen LogP) is 4.31. The highest BCUT2D eigenvalue weighted by atomic mass is 32.2. The van der Waals surface area contributed by atoms with Crippen LogP contribution in [-0.2, 0) is 6.54 Å². The van der Waals surface area contributed by atoms with Gasteiger partial charge in [-0.2, -0.15) is 5.10 Å². The molecule has 0 radical (unpaired) electrons. The Hall–Kier alpha value is -3.52. The molecule has 0 bridgehead atoms. The van der Waals surface area contributed by atoms with Crippen molar-refractivity contribution >= 4 is 23.4 Å². The smallest absolute Gasteiger partial charge is 0.273 e. The first-order valence-corrected chi connectivity index (χ1v) is 10.5. The minimum atomic E-state index is -0.248. The molecule has 0 saturated heterocycles. The molecule has 150 valence electrons. The average molecular weight is 417 g/mol. The summed E-state index contributed by atoms with van der Waals surface area (Å²) in [4.78, 5) is 17.3. The van der Waals surface area contributed by atoms with Crippen LogP contribution in [0.5, 0.6) is 5.75 Å². The zero-order chi connectivity index (χ0) is 20.5. The summed E-state index contributed by atoms with van der Waals surface area (Å²) in [6.07, 6.45) is 2.08. The predicted molar refractivity (Wildman–Crippen MR) is 117 cm³/mol. The number of aromatic amines is 1. The highest BCUT2D eigenvalue weighted by molar-refractivity contribution is 7.99. The summed E-state index contributed by atoms with van der Waals surface area (Å²) in [6.45, 7) is 1.00. The molecule has 7 nitrogen and oxygen atoms in total. The topological polar surface area (TPSA) is 84.8 Å². The van der Waals surface area contributed by atoms with E-state index in [1.807, 2.05) is 48.5 Å². The van der Waals surface area contributed by atoms with E-state index in [1.165, 1.54) is 0 Å². The van der Waals surface area contributed by atoms with Crippen molar-refractivity contribution in [2.75, 3.05) is 18.2 Å². The molecule has 1 aliphatic heterocycles. The maximum absolute atomic E-state index is 12.6. The van der Waals surface area contributed by atoms with Gasteiger partial charge in [0, 0.05) is 35.3 Å². The summed E-state index contributed by atoms with van der Waals surface area (Å²) < 4.78 is 7.42. The molecule has 0 fully saturated rings. The highest BCUT2D eigenvalue weighted by Gasteiger charge is 2.16. The van der Waals surface area contributed by atoms with Crippen LogP contribution in [0, 0.1) is 0 Å². The third-order valence-electron chi connectivity index (χ3n) is 4.93. The third kappa shape index (κ3) is 3.57. The Morgan fingerprint density at radius 2 is 2.00 bits per heavy atom. The lowest BCUT2D eigenvalue weighted by Crippen LogP contribution is -2.12. The van der Waals surface area contributed by atoms with Crippen molar-refractivity contribution in [1.82, 2.24) is 19.7 Å². The number of nitrogens with one attached hydrogen (secondary N) is 2. The average Bonchev–Trinajstić information content (AvgIpc) is 3.50. The van der Waals surface area contributed by atoms with Gasteiger partial charge in [0.2, 0.25) is 0 Å². The van der Waals surface area contributed by atoms with E-state index in [-0.39, 0.29) is 5.91 Å². The van der Waals surface area contributed by atoms with Crippen LogP contribution in [0.25, 0.3) is 22.5 Å². The Kier molecular flexibility index (Phi) is 4.76. The number of carbonyl (C=O) groups is 1. The van der Waals surface area contributed by atoms with Gasteiger partial charge in [-0.05, 0) is 30.3 Å². The fourth-order valence-corrected chi connectivity index (χ4v) is 4.28. The second kappa shape index (κ2) is 7.72. The zero-order valence-electron chi connectivity index (χ0n) is 16.3. The Morgan fingerprint density at radius 1 is 1.13 bits per heavy atom. The monoisotopic (exact) mass is 417 g/mol. The normalized spacial score (nSPS) is 12.6. The van der Waals surface area contributed by atoms with Gasteiger partial charge in [0.05, 0.1) is 18.5 Å². The van der Waals surface area contributed by atoms with Gasteiger partial charge in [-0.15, -0.1) is 0 Å². The summed E-state index contributed by atoms with van der Waals surface area (Å²) in [5.74, 6) is 1.57. The fourth-order valence-electron chi connectivity index (χ4n) is 3.34. The van der Waals surface area contributed by atoms with Crippen molar-refractivity contribution < 1.29 is 9.53 Å². The number of benzene rings is 2. The molecule has 0 aliphatic carbocycles. The minimum absolute atomic E-state index is 0.248. The number of anilines is 1. The number of aryl methyl sites for hydroxylation is 1. The van der Waals surface area contributed by atoms with Crippen molar-refractivity contribution in [1.29, 1.82) is 0 Å². The molecular formula is C22H19N5O2S. The number of methoxy groups -OCH3 is 1. The van der Waals surface area contributed by atoms with Crippen LogP contribution in [0.15, 0.2) is 66.0 Å². The molecule has 0 spiro atoms. The van der Waals surface area contributed by atoms with Crippen molar-refractivity contribution in [3.63, 3.8) is 0 Å². The van der Waals surface area contributed by atoms with Gasteiger partial charge >= 0.3 is 0 Å². The summed E-state index contributed by atoms with van der Waals surface area (Å²) >= 11 is 1.77. The van der Waals surface area contributed by atoms with Crippen LogP contribution >= 0.6 is 11.8 Å². The fraction of sp³-hybridized carbons (Fsp3) is 0.136. The van der Waals surface area contributed by atoms with Crippen LogP contribution in [-0.4, -0.2) is 38.5 Å². The maximum atomic E-state index is 12.6. The first kappa shape index (κ1) is 18.5. The second-order valence-corrected chi connectivity index (χ2v) is 7.94. The van der Waals surface area contributed by atoms with Gasteiger partial charge in [-0.1, -0.05) is 36.0 Å². The van der Waals surface area contributed by atoms with E-state index in [9.17, 15) is 4.79 Å². The van der Waals surface area contributed by atoms with E-state index < -0.39 is 0 Å². The Labute approximate surface area is 177 Å². The van der Waals surface area contributed by atoms with Crippen LogP contribution < -0.4 is 10.1 Å². The molecule has 4 aromatic rings. The second-order valence-electron chi connectivity index (χ2n) is 6.88. The Balaban J connectivity index is 1.29. The molecule has 0 atom stereocenters. The standard InChI is InChI=1S/C22H19N5O2S/c1-29-17-4-2-3-15(11-17)18-12-19(26-25-18)21(28)23-16-7-5-14(6-8-16)20-13-27-9-10-30-22(27)24-20/h2-8,11-13H,9-10H2,1H3,(H,23,28)(H,25,26). The van der Waals surface area contributed by atoms with Crippen LogP contribution in [0.2, 0.25) is 0 Å². The van der Waals surface area contributed by atoms with E-state index >= 15 is 0 Å².